The van der Waals surface area contributed by atoms with E-state index in [9.17, 15) is 0 Å². The molecule has 0 fully saturated rings. The topological polar surface area (TPSA) is 12.9 Å². The first kappa shape index (κ1) is 6.75. The highest BCUT2D eigenvalue weighted by Crippen LogP contribution is 2.13. The van der Waals surface area contributed by atoms with Crippen LogP contribution in [-0.4, -0.2) is 4.98 Å². The first-order valence-electron chi connectivity index (χ1n) is 2.93. The predicted molar refractivity (Wildman–Crippen MR) is 41.3 cm³/mol. The number of aryl methyl sites for hydroxylation is 1. The number of nitrogens with zero attached hydrogens (tertiary/aromatic N) is 1. The van der Waals surface area contributed by atoms with Crippen LogP contribution in [0.2, 0.25) is 0 Å². The largest absolute Gasteiger partial charge is 0.264 e. The Morgan fingerprint density at radius 1 is 1.67 bits per heavy atom. The minimum Gasteiger partial charge on any atom is -0.264 e. The molecule has 0 N–H and O–H groups in total. The zero-order valence-electron chi connectivity index (χ0n) is 5.26. The van der Waals surface area contributed by atoms with Crippen molar-refractivity contribution in [2.24, 2.45) is 0 Å². The molecule has 0 radical (unpaired) electrons. The Kier molecular flexibility index (Phi) is 2.22. The van der Waals surface area contributed by atoms with Gasteiger partial charge in [0.1, 0.15) is 0 Å². The van der Waals surface area contributed by atoms with E-state index in [0.29, 0.717) is 0 Å². The third kappa shape index (κ3) is 1.52. The zero-order valence-corrected chi connectivity index (χ0v) is 6.85. The Hall–Kier alpha value is -0.370. The standard InChI is InChI=1S/C7H8BrN/c1-2-6-3-4-9-5-7(6)8/h3-5H,2H2,1H3. The van der Waals surface area contributed by atoms with E-state index in [-0.39, 0.29) is 0 Å². The second-order valence-electron chi connectivity index (χ2n) is 1.82. The summed E-state index contributed by atoms with van der Waals surface area (Å²) in [4.78, 5) is 3.95. The minimum absolute atomic E-state index is 1.06. The van der Waals surface area contributed by atoms with Crippen LogP contribution in [0, 0.1) is 0 Å². The summed E-state index contributed by atoms with van der Waals surface area (Å²) in [5.74, 6) is 0. The molecular weight excluding hydrogens is 178 g/mol. The lowest BCUT2D eigenvalue weighted by Gasteiger charge is -1.95. The summed E-state index contributed by atoms with van der Waals surface area (Å²) in [6.45, 7) is 2.13. The van der Waals surface area contributed by atoms with Gasteiger partial charge in [0.15, 0.2) is 0 Å². The lowest BCUT2D eigenvalue weighted by atomic mass is 10.2. The van der Waals surface area contributed by atoms with Gasteiger partial charge in [-0.25, -0.2) is 0 Å². The maximum Gasteiger partial charge on any atom is 0.0412 e. The molecule has 0 saturated carbocycles. The highest BCUT2D eigenvalue weighted by molar-refractivity contribution is 9.10. The molecule has 1 heterocycles. The average Bonchev–Trinajstić information content (AvgIpc) is 1.89. The van der Waals surface area contributed by atoms with E-state index in [1.807, 2.05) is 18.5 Å². The van der Waals surface area contributed by atoms with Crippen molar-refractivity contribution < 1.29 is 0 Å². The number of halogens is 1. The SMILES string of the molecule is CCc1ccncc1Br. The van der Waals surface area contributed by atoms with E-state index in [2.05, 4.69) is 27.8 Å². The molecule has 0 atom stereocenters. The molecule has 2 heteroatoms. The number of hydrogen-bond acceptors (Lipinski definition) is 1. The first-order valence-corrected chi connectivity index (χ1v) is 3.72. The van der Waals surface area contributed by atoms with E-state index < -0.39 is 0 Å². The molecule has 0 aliphatic heterocycles. The maximum absolute atomic E-state index is 3.95. The van der Waals surface area contributed by atoms with Crippen LogP contribution in [0.3, 0.4) is 0 Å². The maximum atomic E-state index is 3.95. The quantitative estimate of drug-likeness (QED) is 0.656. The van der Waals surface area contributed by atoms with Crippen LogP contribution in [0.5, 0.6) is 0 Å². The van der Waals surface area contributed by atoms with Crippen LogP contribution in [0.15, 0.2) is 22.9 Å². The molecule has 0 unspecified atom stereocenters. The number of aromatic nitrogens is 1. The van der Waals surface area contributed by atoms with Crippen LogP contribution in [0.25, 0.3) is 0 Å². The van der Waals surface area contributed by atoms with Crippen molar-refractivity contribution in [3.8, 4) is 0 Å². The third-order valence-electron chi connectivity index (χ3n) is 1.24. The second-order valence-corrected chi connectivity index (χ2v) is 2.67. The fourth-order valence-electron chi connectivity index (χ4n) is 0.691. The van der Waals surface area contributed by atoms with Gasteiger partial charge in [0, 0.05) is 16.9 Å². The van der Waals surface area contributed by atoms with Gasteiger partial charge < -0.3 is 0 Å². The van der Waals surface area contributed by atoms with Gasteiger partial charge in [-0.1, -0.05) is 6.92 Å². The molecule has 0 aromatic carbocycles. The Bertz CT molecular complexity index is 198. The normalized spacial score (nSPS) is 9.56. The van der Waals surface area contributed by atoms with Crippen LogP contribution >= 0.6 is 15.9 Å². The summed E-state index contributed by atoms with van der Waals surface area (Å²) in [5, 5.41) is 0. The molecular formula is C7H8BrN. The fourth-order valence-corrected chi connectivity index (χ4v) is 1.22. The summed E-state index contributed by atoms with van der Waals surface area (Å²) in [5.41, 5.74) is 1.31. The zero-order chi connectivity index (χ0) is 6.69. The molecule has 1 aromatic rings. The monoisotopic (exact) mass is 185 g/mol. The fraction of sp³-hybridized carbons (Fsp3) is 0.286. The van der Waals surface area contributed by atoms with Gasteiger partial charge >= 0.3 is 0 Å². The molecule has 48 valence electrons. The van der Waals surface area contributed by atoms with E-state index in [4.69, 9.17) is 0 Å². The molecule has 0 amide bonds. The lowest BCUT2D eigenvalue weighted by Crippen LogP contribution is -1.81. The van der Waals surface area contributed by atoms with Crippen molar-refractivity contribution in [3.63, 3.8) is 0 Å². The number of pyridine rings is 1. The van der Waals surface area contributed by atoms with Gasteiger partial charge in [0.05, 0.1) is 0 Å². The Balaban J connectivity index is 3.01. The van der Waals surface area contributed by atoms with Gasteiger partial charge in [-0.2, -0.15) is 0 Å². The van der Waals surface area contributed by atoms with Gasteiger partial charge in [0.25, 0.3) is 0 Å². The third-order valence-corrected chi connectivity index (χ3v) is 1.95. The van der Waals surface area contributed by atoms with Crippen molar-refractivity contribution in [2.45, 2.75) is 13.3 Å². The molecule has 9 heavy (non-hydrogen) atoms. The highest BCUT2D eigenvalue weighted by atomic mass is 79.9. The average molecular weight is 186 g/mol. The Morgan fingerprint density at radius 3 is 2.89 bits per heavy atom. The molecule has 0 bridgehead atoms. The van der Waals surface area contributed by atoms with Crippen molar-refractivity contribution >= 4 is 15.9 Å². The molecule has 0 aliphatic carbocycles. The number of rotatable bonds is 1. The van der Waals surface area contributed by atoms with Gasteiger partial charge in [0.2, 0.25) is 0 Å². The summed E-state index contributed by atoms with van der Waals surface area (Å²) in [6.07, 6.45) is 4.69. The summed E-state index contributed by atoms with van der Waals surface area (Å²) in [7, 11) is 0. The van der Waals surface area contributed by atoms with Crippen molar-refractivity contribution in [1.29, 1.82) is 0 Å². The molecule has 0 aliphatic rings. The number of hydrogen-bond donors (Lipinski definition) is 0. The second kappa shape index (κ2) is 2.97. The predicted octanol–water partition coefficient (Wildman–Crippen LogP) is 2.41. The molecule has 0 saturated heterocycles. The van der Waals surface area contributed by atoms with E-state index in [0.717, 1.165) is 10.9 Å². The minimum atomic E-state index is 1.06. The first-order chi connectivity index (χ1) is 4.34. The summed E-state index contributed by atoms with van der Waals surface area (Å²) < 4.78 is 1.10. The van der Waals surface area contributed by atoms with Gasteiger partial charge in [-0.15, -0.1) is 0 Å². The lowest BCUT2D eigenvalue weighted by molar-refractivity contribution is 1.10. The van der Waals surface area contributed by atoms with Crippen molar-refractivity contribution in [1.82, 2.24) is 4.98 Å². The van der Waals surface area contributed by atoms with Crippen LogP contribution in [0.1, 0.15) is 12.5 Å². The van der Waals surface area contributed by atoms with Crippen LogP contribution < -0.4 is 0 Å². The van der Waals surface area contributed by atoms with E-state index in [1.54, 1.807) is 0 Å². The van der Waals surface area contributed by atoms with Crippen molar-refractivity contribution in [3.05, 3.63) is 28.5 Å². The summed E-state index contributed by atoms with van der Waals surface area (Å²) in [6, 6.07) is 2.02. The molecule has 1 aromatic heterocycles. The van der Waals surface area contributed by atoms with Gasteiger partial charge in [-0.3, -0.25) is 4.98 Å². The highest BCUT2D eigenvalue weighted by Gasteiger charge is 1.92. The van der Waals surface area contributed by atoms with Crippen molar-refractivity contribution in [2.75, 3.05) is 0 Å². The summed E-state index contributed by atoms with van der Waals surface area (Å²) >= 11 is 3.39. The Morgan fingerprint density at radius 2 is 2.44 bits per heavy atom. The molecule has 1 rings (SSSR count). The van der Waals surface area contributed by atoms with E-state index >= 15 is 0 Å². The van der Waals surface area contributed by atoms with E-state index in [1.165, 1.54) is 5.56 Å². The Labute approximate surface area is 63.2 Å². The van der Waals surface area contributed by atoms with Crippen LogP contribution in [0.4, 0.5) is 0 Å². The van der Waals surface area contributed by atoms with Gasteiger partial charge in [-0.05, 0) is 34.0 Å². The van der Waals surface area contributed by atoms with Crippen LogP contribution in [-0.2, 0) is 6.42 Å². The molecule has 0 spiro atoms. The molecule has 1 nitrogen and oxygen atoms in total. The smallest absolute Gasteiger partial charge is 0.0412 e.